The highest BCUT2D eigenvalue weighted by molar-refractivity contribution is 7.90. The molecule has 0 atom stereocenters. The van der Waals surface area contributed by atoms with Gasteiger partial charge in [0.2, 0.25) is 11.8 Å². The Morgan fingerprint density at radius 1 is 0.919 bits per heavy atom. The third-order valence-corrected chi connectivity index (χ3v) is 6.41. The summed E-state index contributed by atoms with van der Waals surface area (Å²) in [5.74, 6) is -1.03. The maximum Gasteiger partial charge on any atom is 0.515 e. The van der Waals surface area contributed by atoms with Crippen molar-refractivity contribution < 1.29 is 32.3 Å². The van der Waals surface area contributed by atoms with E-state index in [-0.39, 0.29) is 28.9 Å². The van der Waals surface area contributed by atoms with Gasteiger partial charge >= 0.3 is 6.16 Å². The third-order valence-electron chi connectivity index (χ3n) is 5.06. The molecule has 0 saturated heterocycles. The molecule has 1 heterocycles. The Morgan fingerprint density at radius 3 is 2.30 bits per heavy atom. The summed E-state index contributed by atoms with van der Waals surface area (Å²) in [6.07, 6.45) is 1.89. The Bertz CT molecular complexity index is 1310. The zero-order valence-corrected chi connectivity index (χ0v) is 21.0. The van der Waals surface area contributed by atoms with E-state index in [1.54, 1.807) is 24.3 Å². The van der Waals surface area contributed by atoms with E-state index < -0.39 is 22.1 Å². The average Bonchev–Trinajstić information content (AvgIpc) is 2.89. The quantitative estimate of drug-likeness (QED) is 0.363. The molecule has 2 N–H and O–H groups in total. The van der Waals surface area contributed by atoms with Gasteiger partial charge in [0.1, 0.15) is 6.61 Å². The fraction of sp³-hybridized carbons (Fsp3) is 0.231. The zero-order valence-electron chi connectivity index (χ0n) is 20.2. The summed E-state index contributed by atoms with van der Waals surface area (Å²) in [5, 5.41) is 2.79. The number of aromatic nitrogens is 1. The second-order valence-corrected chi connectivity index (χ2v) is 9.62. The van der Waals surface area contributed by atoms with Gasteiger partial charge in [-0.2, -0.15) is 0 Å². The molecule has 10 nitrogen and oxygen atoms in total. The lowest BCUT2D eigenvalue weighted by Gasteiger charge is -2.09. The van der Waals surface area contributed by atoms with Gasteiger partial charge in [-0.05, 0) is 42.2 Å². The number of pyridine rings is 1. The molecule has 0 radical (unpaired) electrons. The Morgan fingerprint density at radius 2 is 1.65 bits per heavy atom. The van der Waals surface area contributed by atoms with Crippen LogP contribution in [-0.2, 0) is 32.6 Å². The number of ether oxygens (including phenoxy) is 2. The standard InChI is InChI=1S/C26H27N3O7S/c1-2-6-23(30)27-16-15-19-9-12-22(13-10-19)37(33,34)29-25(31)21-11-14-24(28-17-21)36-26(32)35-18-20-7-4-3-5-8-20/h3-5,7-14,17H,2,6,15-16,18H2,1H3,(H,27,30)(H,29,31). The SMILES string of the molecule is CCCC(=O)NCCc1ccc(S(=O)(=O)NC(=O)c2ccc(OC(=O)OCc3ccccc3)nc2)cc1. The van der Waals surface area contributed by atoms with E-state index in [9.17, 15) is 22.8 Å². The van der Waals surface area contributed by atoms with Crippen LogP contribution in [0.4, 0.5) is 4.79 Å². The summed E-state index contributed by atoms with van der Waals surface area (Å²) in [5.41, 5.74) is 1.57. The first-order chi connectivity index (χ1) is 17.8. The fourth-order valence-corrected chi connectivity index (χ4v) is 4.12. The second kappa shape index (κ2) is 13.2. The fourth-order valence-electron chi connectivity index (χ4n) is 3.14. The smallest absolute Gasteiger partial charge is 0.429 e. The summed E-state index contributed by atoms with van der Waals surface area (Å²) < 4.78 is 37.2. The van der Waals surface area contributed by atoms with E-state index >= 15 is 0 Å². The highest BCUT2D eigenvalue weighted by Gasteiger charge is 2.19. The van der Waals surface area contributed by atoms with Crippen molar-refractivity contribution in [2.45, 2.75) is 37.7 Å². The molecule has 0 unspecified atom stereocenters. The van der Waals surface area contributed by atoms with E-state index in [1.807, 2.05) is 29.8 Å². The van der Waals surface area contributed by atoms with Crippen molar-refractivity contribution in [3.05, 3.63) is 89.6 Å². The Kier molecular flexibility index (Phi) is 9.73. The van der Waals surface area contributed by atoms with E-state index in [1.165, 1.54) is 24.3 Å². The number of nitrogens with zero attached hydrogens (tertiary/aromatic N) is 1. The molecule has 0 aliphatic carbocycles. The van der Waals surface area contributed by atoms with Gasteiger partial charge < -0.3 is 14.8 Å². The minimum atomic E-state index is -4.13. The molecule has 0 aliphatic rings. The lowest BCUT2D eigenvalue weighted by Crippen LogP contribution is -2.30. The molecule has 0 spiro atoms. The molecule has 194 valence electrons. The van der Waals surface area contributed by atoms with Gasteiger partial charge in [-0.25, -0.2) is 22.9 Å². The first-order valence-electron chi connectivity index (χ1n) is 11.5. The molecular formula is C26H27N3O7S. The minimum absolute atomic E-state index is 0.0223. The molecule has 0 saturated carbocycles. The van der Waals surface area contributed by atoms with E-state index in [0.717, 1.165) is 23.7 Å². The van der Waals surface area contributed by atoms with Crippen LogP contribution in [0.1, 0.15) is 41.3 Å². The van der Waals surface area contributed by atoms with Gasteiger partial charge in [-0.1, -0.05) is 49.4 Å². The molecule has 37 heavy (non-hydrogen) atoms. The van der Waals surface area contributed by atoms with Crippen molar-refractivity contribution in [2.24, 2.45) is 0 Å². The highest BCUT2D eigenvalue weighted by Crippen LogP contribution is 2.13. The van der Waals surface area contributed by atoms with Gasteiger partial charge in [-0.3, -0.25) is 9.59 Å². The van der Waals surface area contributed by atoms with Crippen LogP contribution in [0.15, 0.2) is 77.8 Å². The topological polar surface area (TPSA) is 141 Å². The highest BCUT2D eigenvalue weighted by atomic mass is 32.2. The molecular weight excluding hydrogens is 498 g/mol. The van der Waals surface area contributed by atoms with Gasteiger partial charge in [-0.15, -0.1) is 0 Å². The normalized spacial score (nSPS) is 10.8. The number of rotatable bonds is 11. The molecule has 11 heteroatoms. The van der Waals surface area contributed by atoms with Gasteiger partial charge in [0.05, 0.1) is 10.5 Å². The number of carbonyl (C=O) groups is 3. The van der Waals surface area contributed by atoms with Gasteiger partial charge in [0.25, 0.3) is 15.9 Å². The van der Waals surface area contributed by atoms with Crippen molar-refractivity contribution in [3.63, 3.8) is 0 Å². The van der Waals surface area contributed by atoms with Crippen molar-refractivity contribution in [1.82, 2.24) is 15.0 Å². The summed E-state index contributed by atoms with van der Waals surface area (Å²) in [6.45, 7) is 2.39. The Hall–Kier alpha value is -4.25. The molecule has 1 aromatic heterocycles. The second-order valence-electron chi connectivity index (χ2n) is 7.94. The third kappa shape index (κ3) is 8.73. The van der Waals surface area contributed by atoms with Crippen LogP contribution in [0, 0.1) is 0 Å². The van der Waals surface area contributed by atoms with Crippen LogP contribution in [0.3, 0.4) is 0 Å². The van der Waals surface area contributed by atoms with Crippen LogP contribution in [0.5, 0.6) is 5.88 Å². The first-order valence-corrected chi connectivity index (χ1v) is 13.0. The lowest BCUT2D eigenvalue weighted by atomic mass is 10.1. The minimum Gasteiger partial charge on any atom is -0.429 e. The predicted octanol–water partition coefficient (Wildman–Crippen LogP) is 3.37. The van der Waals surface area contributed by atoms with Crippen LogP contribution in [0.2, 0.25) is 0 Å². The first kappa shape index (κ1) is 27.3. The molecule has 3 rings (SSSR count). The van der Waals surface area contributed by atoms with Crippen molar-refractivity contribution in [3.8, 4) is 5.88 Å². The molecule has 0 bridgehead atoms. The van der Waals surface area contributed by atoms with Gasteiger partial charge in [0.15, 0.2) is 0 Å². The number of carbonyl (C=O) groups excluding carboxylic acids is 3. The number of hydrogen-bond acceptors (Lipinski definition) is 8. The average molecular weight is 526 g/mol. The Balaban J connectivity index is 1.50. The maximum absolute atomic E-state index is 12.6. The van der Waals surface area contributed by atoms with E-state index in [0.29, 0.717) is 19.4 Å². The van der Waals surface area contributed by atoms with Crippen LogP contribution in [-0.4, -0.2) is 37.9 Å². The van der Waals surface area contributed by atoms with Crippen molar-refractivity contribution in [2.75, 3.05) is 6.54 Å². The maximum atomic E-state index is 12.6. The largest absolute Gasteiger partial charge is 0.515 e. The molecule has 3 aromatic rings. The number of hydrogen-bond donors (Lipinski definition) is 2. The van der Waals surface area contributed by atoms with Crippen molar-refractivity contribution in [1.29, 1.82) is 0 Å². The Labute approximate surface area is 215 Å². The van der Waals surface area contributed by atoms with Crippen LogP contribution in [0.25, 0.3) is 0 Å². The number of amides is 2. The van der Waals surface area contributed by atoms with Crippen LogP contribution < -0.4 is 14.8 Å². The monoisotopic (exact) mass is 525 g/mol. The number of sulfonamides is 1. The van der Waals surface area contributed by atoms with E-state index in [4.69, 9.17) is 9.47 Å². The summed E-state index contributed by atoms with van der Waals surface area (Å²) in [6, 6.07) is 17.6. The van der Waals surface area contributed by atoms with E-state index in [2.05, 4.69) is 10.3 Å². The molecule has 2 amide bonds. The van der Waals surface area contributed by atoms with Crippen LogP contribution >= 0.6 is 0 Å². The van der Waals surface area contributed by atoms with Gasteiger partial charge in [0, 0.05) is 25.2 Å². The summed E-state index contributed by atoms with van der Waals surface area (Å²) in [7, 11) is -4.13. The van der Waals surface area contributed by atoms with Crippen molar-refractivity contribution >= 4 is 28.0 Å². The number of nitrogens with one attached hydrogen (secondary N) is 2. The predicted molar refractivity (Wildman–Crippen MR) is 134 cm³/mol. The molecule has 0 aliphatic heterocycles. The summed E-state index contributed by atoms with van der Waals surface area (Å²) in [4.78, 5) is 39.6. The summed E-state index contributed by atoms with van der Waals surface area (Å²) >= 11 is 0. The lowest BCUT2D eigenvalue weighted by molar-refractivity contribution is -0.121. The number of benzene rings is 2. The zero-order chi connectivity index (χ0) is 26.7. The molecule has 2 aromatic carbocycles. The molecule has 0 fully saturated rings.